The molecule has 19 heavy (non-hydrogen) atoms. The zero-order chi connectivity index (χ0) is 13.2. The summed E-state index contributed by atoms with van der Waals surface area (Å²) >= 11 is 1.81. The van der Waals surface area contributed by atoms with Gasteiger partial charge in [-0.25, -0.2) is 4.98 Å². The molecule has 1 N–H and O–H groups in total. The Labute approximate surface area is 118 Å². The van der Waals surface area contributed by atoms with Gasteiger partial charge in [-0.1, -0.05) is 6.92 Å². The van der Waals surface area contributed by atoms with Crippen molar-refractivity contribution >= 4 is 11.3 Å². The summed E-state index contributed by atoms with van der Waals surface area (Å²) in [6.45, 7) is 5.26. The minimum absolute atomic E-state index is 0.746. The fourth-order valence-corrected chi connectivity index (χ4v) is 3.30. The molecule has 0 unspecified atom stereocenters. The van der Waals surface area contributed by atoms with Gasteiger partial charge in [0.2, 0.25) is 0 Å². The van der Waals surface area contributed by atoms with E-state index in [1.165, 1.54) is 34.5 Å². The molecule has 2 aromatic heterocycles. The third kappa shape index (κ3) is 2.85. The van der Waals surface area contributed by atoms with E-state index in [9.17, 15) is 0 Å². The second-order valence-corrected chi connectivity index (χ2v) is 6.17. The fraction of sp³-hybridized carbons (Fsp3) is 0.467. The highest BCUT2D eigenvalue weighted by atomic mass is 32.1. The molecule has 1 aliphatic carbocycles. The summed E-state index contributed by atoms with van der Waals surface area (Å²) in [6, 6.07) is 2.79. The van der Waals surface area contributed by atoms with E-state index in [2.05, 4.69) is 24.1 Å². The smallest absolute Gasteiger partial charge is 0.125 e. The van der Waals surface area contributed by atoms with Crippen molar-refractivity contribution in [3.63, 3.8) is 0 Å². The van der Waals surface area contributed by atoms with Crippen molar-refractivity contribution in [3.05, 3.63) is 34.6 Å². The lowest BCUT2D eigenvalue weighted by atomic mass is 10.2. The highest BCUT2D eigenvalue weighted by Gasteiger charge is 2.21. The molecule has 0 radical (unpaired) electrons. The Bertz CT molecular complexity index is 573. The zero-order valence-corrected chi connectivity index (χ0v) is 12.3. The number of nitrogens with zero attached hydrogens (tertiary/aromatic N) is 2. The quantitative estimate of drug-likeness (QED) is 0.908. The molecule has 3 nitrogen and oxygen atoms in total. The number of thiazole rings is 1. The van der Waals surface area contributed by atoms with E-state index in [-0.39, 0.29) is 0 Å². The Kier molecular flexibility index (Phi) is 3.62. The Balaban J connectivity index is 1.87. The molecule has 1 aliphatic rings. The molecule has 0 aliphatic heterocycles. The third-order valence-corrected chi connectivity index (χ3v) is 4.64. The second-order valence-electron chi connectivity index (χ2n) is 5.09. The Morgan fingerprint density at radius 1 is 1.42 bits per heavy atom. The number of rotatable bonds is 5. The molecule has 3 rings (SSSR count). The standard InChI is InChI=1S/C15H19N3S/c1-3-13-14(9-17-11-4-5-11)19-15(18-13)12-8-16-7-6-10(12)2/h6-8,11,17H,3-5,9H2,1-2H3. The molecule has 1 saturated carbocycles. The number of pyridine rings is 1. The van der Waals surface area contributed by atoms with Crippen molar-refractivity contribution in [2.24, 2.45) is 0 Å². The topological polar surface area (TPSA) is 37.8 Å². The van der Waals surface area contributed by atoms with Crippen molar-refractivity contribution in [1.82, 2.24) is 15.3 Å². The highest BCUT2D eigenvalue weighted by molar-refractivity contribution is 7.15. The van der Waals surface area contributed by atoms with Gasteiger partial charge in [-0.05, 0) is 37.8 Å². The monoisotopic (exact) mass is 273 g/mol. The Hall–Kier alpha value is -1.26. The first-order valence-electron chi connectivity index (χ1n) is 6.91. The number of nitrogens with one attached hydrogen (secondary N) is 1. The van der Waals surface area contributed by atoms with Gasteiger partial charge in [0.1, 0.15) is 5.01 Å². The maximum atomic E-state index is 4.80. The van der Waals surface area contributed by atoms with Crippen LogP contribution in [-0.2, 0) is 13.0 Å². The molecule has 4 heteroatoms. The summed E-state index contributed by atoms with van der Waals surface area (Å²) in [5.41, 5.74) is 3.64. The average molecular weight is 273 g/mol. The normalized spacial score (nSPS) is 14.8. The molecule has 0 saturated heterocycles. The first kappa shape index (κ1) is 12.8. The molecular formula is C15H19N3S. The third-order valence-electron chi connectivity index (χ3n) is 3.51. The number of aromatic nitrogens is 2. The van der Waals surface area contributed by atoms with Gasteiger partial charge in [-0.3, -0.25) is 4.98 Å². The maximum absolute atomic E-state index is 4.80. The predicted octanol–water partition coefficient (Wildman–Crippen LogP) is 3.33. The number of hydrogen-bond acceptors (Lipinski definition) is 4. The van der Waals surface area contributed by atoms with Crippen LogP contribution in [0.4, 0.5) is 0 Å². The van der Waals surface area contributed by atoms with Crippen LogP contribution in [0.3, 0.4) is 0 Å². The Morgan fingerprint density at radius 3 is 2.95 bits per heavy atom. The summed E-state index contributed by atoms with van der Waals surface area (Å²) in [5, 5.41) is 4.69. The van der Waals surface area contributed by atoms with Crippen molar-refractivity contribution in [2.45, 2.75) is 45.7 Å². The molecule has 0 atom stereocenters. The second kappa shape index (κ2) is 5.39. The van der Waals surface area contributed by atoms with Crippen LogP contribution >= 0.6 is 11.3 Å². The van der Waals surface area contributed by atoms with E-state index in [0.717, 1.165) is 24.0 Å². The summed E-state index contributed by atoms with van der Waals surface area (Å²) in [5.74, 6) is 0. The molecule has 100 valence electrons. The van der Waals surface area contributed by atoms with Crippen molar-refractivity contribution in [3.8, 4) is 10.6 Å². The summed E-state index contributed by atoms with van der Waals surface area (Å²) < 4.78 is 0. The van der Waals surface area contributed by atoms with E-state index in [4.69, 9.17) is 4.98 Å². The van der Waals surface area contributed by atoms with Gasteiger partial charge < -0.3 is 5.32 Å². The summed E-state index contributed by atoms with van der Waals surface area (Å²) in [6.07, 6.45) is 7.41. The summed E-state index contributed by atoms with van der Waals surface area (Å²) in [7, 11) is 0. The van der Waals surface area contributed by atoms with E-state index in [1.54, 1.807) is 0 Å². The first-order valence-corrected chi connectivity index (χ1v) is 7.72. The fourth-order valence-electron chi connectivity index (χ4n) is 2.13. The van der Waals surface area contributed by atoms with Crippen LogP contribution < -0.4 is 5.32 Å². The van der Waals surface area contributed by atoms with Crippen LogP contribution in [-0.4, -0.2) is 16.0 Å². The number of hydrogen-bond donors (Lipinski definition) is 1. The molecule has 0 spiro atoms. The van der Waals surface area contributed by atoms with E-state index < -0.39 is 0 Å². The van der Waals surface area contributed by atoms with Crippen LogP contribution in [0.15, 0.2) is 18.5 Å². The molecule has 1 fully saturated rings. The molecule has 2 aromatic rings. The van der Waals surface area contributed by atoms with Gasteiger partial charge >= 0.3 is 0 Å². The SMILES string of the molecule is CCc1nc(-c2cnccc2C)sc1CNC1CC1. The van der Waals surface area contributed by atoms with Crippen LogP contribution in [0.1, 0.15) is 35.9 Å². The first-order chi connectivity index (χ1) is 9.28. The predicted molar refractivity (Wildman–Crippen MR) is 79.3 cm³/mol. The molecular weight excluding hydrogens is 254 g/mol. The molecule has 0 aromatic carbocycles. The van der Waals surface area contributed by atoms with Crippen LogP contribution in [0.2, 0.25) is 0 Å². The largest absolute Gasteiger partial charge is 0.309 e. The van der Waals surface area contributed by atoms with Crippen molar-refractivity contribution < 1.29 is 0 Å². The lowest BCUT2D eigenvalue weighted by molar-refractivity contribution is 0.689. The highest BCUT2D eigenvalue weighted by Crippen LogP contribution is 2.30. The van der Waals surface area contributed by atoms with Gasteiger partial charge in [-0.2, -0.15) is 0 Å². The van der Waals surface area contributed by atoms with E-state index in [0.29, 0.717) is 0 Å². The lowest BCUT2D eigenvalue weighted by Gasteiger charge is -2.00. The van der Waals surface area contributed by atoms with Crippen molar-refractivity contribution in [2.75, 3.05) is 0 Å². The maximum Gasteiger partial charge on any atom is 0.125 e. The van der Waals surface area contributed by atoms with Gasteiger partial charge in [0.25, 0.3) is 0 Å². The average Bonchev–Trinajstić information content (AvgIpc) is 3.16. The number of aryl methyl sites for hydroxylation is 2. The zero-order valence-electron chi connectivity index (χ0n) is 11.4. The van der Waals surface area contributed by atoms with Crippen LogP contribution in [0.5, 0.6) is 0 Å². The minimum Gasteiger partial charge on any atom is -0.309 e. The van der Waals surface area contributed by atoms with E-state index in [1.807, 2.05) is 29.8 Å². The van der Waals surface area contributed by atoms with Gasteiger partial charge in [0.15, 0.2) is 0 Å². The van der Waals surface area contributed by atoms with Crippen molar-refractivity contribution in [1.29, 1.82) is 0 Å². The van der Waals surface area contributed by atoms with E-state index >= 15 is 0 Å². The minimum atomic E-state index is 0.746. The molecule has 0 amide bonds. The Morgan fingerprint density at radius 2 is 2.26 bits per heavy atom. The lowest BCUT2D eigenvalue weighted by Crippen LogP contribution is -2.15. The van der Waals surface area contributed by atoms with Gasteiger partial charge in [0.05, 0.1) is 5.69 Å². The summed E-state index contributed by atoms with van der Waals surface area (Å²) in [4.78, 5) is 10.4. The molecule has 2 heterocycles. The van der Waals surface area contributed by atoms with Crippen LogP contribution in [0, 0.1) is 6.92 Å². The van der Waals surface area contributed by atoms with Crippen LogP contribution in [0.25, 0.3) is 10.6 Å². The van der Waals surface area contributed by atoms with Gasteiger partial charge in [0, 0.05) is 35.4 Å². The van der Waals surface area contributed by atoms with Gasteiger partial charge in [-0.15, -0.1) is 11.3 Å². The molecule has 0 bridgehead atoms.